The summed E-state index contributed by atoms with van der Waals surface area (Å²) in [5.41, 5.74) is 0. The average molecular weight is 216 g/mol. The summed E-state index contributed by atoms with van der Waals surface area (Å²) in [5, 5.41) is 3.15. The molecule has 0 saturated carbocycles. The van der Waals surface area contributed by atoms with Crippen LogP contribution in [0, 0.1) is 5.92 Å². The summed E-state index contributed by atoms with van der Waals surface area (Å²) in [6.45, 7) is 1.95. The molecule has 1 N–H and O–H groups in total. The van der Waals surface area contributed by atoms with E-state index in [1.54, 1.807) is 12.1 Å². The molecule has 0 aliphatic carbocycles. The second-order valence-electron chi connectivity index (χ2n) is 3.26. The van der Waals surface area contributed by atoms with Crippen LogP contribution in [-0.4, -0.2) is 18.9 Å². The summed E-state index contributed by atoms with van der Waals surface area (Å²) in [5.74, 6) is 0.761. The Morgan fingerprint density at radius 3 is 2.85 bits per heavy atom. The molecular formula is C9H10ClNOS. The lowest BCUT2D eigenvalue weighted by Crippen LogP contribution is -2.42. The van der Waals surface area contributed by atoms with E-state index in [2.05, 4.69) is 5.32 Å². The maximum Gasteiger partial charge on any atom is 0.173 e. The first-order valence-electron chi connectivity index (χ1n) is 4.25. The van der Waals surface area contributed by atoms with Crippen LogP contribution >= 0.6 is 22.9 Å². The molecular weight excluding hydrogens is 206 g/mol. The topological polar surface area (TPSA) is 29.1 Å². The number of ketones is 1. The molecule has 2 nitrogen and oxygen atoms in total. The van der Waals surface area contributed by atoms with Gasteiger partial charge in [-0.15, -0.1) is 11.3 Å². The Kier molecular flexibility index (Phi) is 2.67. The predicted octanol–water partition coefficient (Wildman–Crippen LogP) is 2.19. The van der Waals surface area contributed by atoms with E-state index < -0.39 is 0 Å². The van der Waals surface area contributed by atoms with Crippen molar-refractivity contribution in [3.8, 4) is 0 Å². The minimum Gasteiger partial charge on any atom is -0.316 e. The van der Waals surface area contributed by atoms with Gasteiger partial charge in [0.05, 0.1) is 9.21 Å². The minimum absolute atomic E-state index is 0.225. The zero-order valence-electron chi connectivity index (χ0n) is 7.05. The Morgan fingerprint density at radius 1 is 1.62 bits per heavy atom. The quantitative estimate of drug-likeness (QED) is 0.784. The van der Waals surface area contributed by atoms with E-state index in [0.717, 1.165) is 18.0 Å². The van der Waals surface area contributed by atoms with Crippen LogP contribution in [-0.2, 0) is 0 Å². The third-order valence-corrected chi connectivity index (χ3v) is 3.46. The van der Waals surface area contributed by atoms with E-state index in [0.29, 0.717) is 16.7 Å². The van der Waals surface area contributed by atoms with Gasteiger partial charge < -0.3 is 5.32 Å². The second-order valence-corrected chi connectivity index (χ2v) is 4.97. The highest BCUT2D eigenvalue weighted by molar-refractivity contribution is 7.18. The Morgan fingerprint density at radius 2 is 2.38 bits per heavy atom. The van der Waals surface area contributed by atoms with Gasteiger partial charge in [-0.1, -0.05) is 11.6 Å². The van der Waals surface area contributed by atoms with E-state index >= 15 is 0 Å². The van der Waals surface area contributed by atoms with Gasteiger partial charge >= 0.3 is 0 Å². The maximum absolute atomic E-state index is 11.6. The van der Waals surface area contributed by atoms with Crippen LogP contribution in [0.5, 0.6) is 0 Å². The van der Waals surface area contributed by atoms with Gasteiger partial charge in [-0.25, -0.2) is 0 Å². The molecule has 1 aliphatic rings. The molecule has 2 heterocycles. The zero-order valence-corrected chi connectivity index (χ0v) is 8.62. The van der Waals surface area contributed by atoms with Gasteiger partial charge in [-0.3, -0.25) is 4.79 Å². The molecule has 1 saturated heterocycles. The van der Waals surface area contributed by atoms with Crippen molar-refractivity contribution in [3.63, 3.8) is 0 Å². The molecule has 0 unspecified atom stereocenters. The first-order valence-corrected chi connectivity index (χ1v) is 5.44. The lowest BCUT2D eigenvalue weighted by Gasteiger charge is -2.25. The number of carbonyl (C=O) groups excluding carboxylic acids is 1. The van der Waals surface area contributed by atoms with Gasteiger partial charge in [-0.2, -0.15) is 0 Å². The van der Waals surface area contributed by atoms with Crippen LogP contribution in [0.4, 0.5) is 0 Å². The van der Waals surface area contributed by atoms with E-state index in [1.807, 2.05) is 0 Å². The van der Waals surface area contributed by atoms with Gasteiger partial charge in [0.25, 0.3) is 0 Å². The fraction of sp³-hybridized carbons (Fsp3) is 0.444. The Balaban J connectivity index is 1.96. The second kappa shape index (κ2) is 3.78. The largest absolute Gasteiger partial charge is 0.316 e. The molecule has 1 aromatic rings. The van der Waals surface area contributed by atoms with Gasteiger partial charge in [0.15, 0.2) is 5.78 Å². The van der Waals surface area contributed by atoms with Crippen LogP contribution in [0.3, 0.4) is 0 Å². The first kappa shape index (κ1) is 9.19. The molecule has 13 heavy (non-hydrogen) atoms. The van der Waals surface area contributed by atoms with Crippen molar-refractivity contribution in [2.75, 3.05) is 13.1 Å². The number of thiophene rings is 1. The van der Waals surface area contributed by atoms with Crippen molar-refractivity contribution in [1.82, 2.24) is 5.32 Å². The predicted molar refractivity (Wildman–Crippen MR) is 54.6 cm³/mol. The monoisotopic (exact) mass is 215 g/mol. The van der Waals surface area contributed by atoms with E-state index in [9.17, 15) is 4.79 Å². The summed E-state index contributed by atoms with van der Waals surface area (Å²) in [7, 11) is 0. The molecule has 0 amide bonds. The Labute approximate surface area is 85.9 Å². The Bertz CT molecular complexity index is 319. The third-order valence-electron chi connectivity index (χ3n) is 2.19. The van der Waals surface area contributed by atoms with Crippen LogP contribution < -0.4 is 5.32 Å². The number of hydrogen-bond donors (Lipinski definition) is 1. The van der Waals surface area contributed by atoms with Crippen LogP contribution in [0.2, 0.25) is 4.34 Å². The number of carbonyl (C=O) groups is 1. The lowest BCUT2D eigenvalue weighted by atomic mass is 9.96. The molecule has 0 atom stereocenters. The third kappa shape index (κ3) is 2.10. The van der Waals surface area contributed by atoms with Crippen LogP contribution in [0.1, 0.15) is 16.1 Å². The molecule has 1 aromatic heterocycles. The van der Waals surface area contributed by atoms with Crippen LogP contribution in [0.15, 0.2) is 12.1 Å². The van der Waals surface area contributed by atoms with Crippen LogP contribution in [0.25, 0.3) is 0 Å². The van der Waals surface area contributed by atoms with Crippen molar-refractivity contribution in [1.29, 1.82) is 0 Å². The van der Waals surface area contributed by atoms with Crippen molar-refractivity contribution >= 4 is 28.7 Å². The number of Topliss-reactive ketones (excluding diaryl/α,β-unsaturated/α-hetero) is 1. The highest BCUT2D eigenvalue weighted by Crippen LogP contribution is 2.24. The SMILES string of the molecule is O=C(CC1CNC1)c1ccc(Cl)s1. The van der Waals surface area contributed by atoms with Crippen molar-refractivity contribution in [2.45, 2.75) is 6.42 Å². The molecule has 2 rings (SSSR count). The van der Waals surface area contributed by atoms with Gasteiger partial charge in [-0.05, 0) is 31.1 Å². The highest BCUT2D eigenvalue weighted by Gasteiger charge is 2.21. The Hall–Kier alpha value is -0.380. The standard InChI is InChI=1S/C9H10ClNOS/c10-9-2-1-8(13-9)7(12)3-6-4-11-5-6/h1-2,6,11H,3-5H2. The molecule has 0 spiro atoms. The van der Waals surface area contributed by atoms with Crippen molar-refractivity contribution in [3.05, 3.63) is 21.3 Å². The fourth-order valence-electron chi connectivity index (χ4n) is 1.32. The lowest BCUT2D eigenvalue weighted by molar-refractivity contribution is 0.0949. The number of halogens is 1. The minimum atomic E-state index is 0.225. The molecule has 0 aromatic carbocycles. The van der Waals surface area contributed by atoms with E-state index in [4.69, 9.17) is 11.6 Å². The van der Waals surface area contributed by atoms with E-state index in [-0.39, 0.29) is 5.78 Å². The molecule has 1 aliphatic heterocycles. The summed E-state index contributed by atoms with van der Waals surface area (Å²) in [6.07, 6.45) is 0.657. The highest BCUT2D eigenvalue weighted by atomic mass is 35.5. The molecule has 70 valence electrons. The average Bonchev–Trinajstić information content (AvgIpc) is 2.44. The van der Waals surface area contributed by atoms with Gasteiger partial charge in [0.1, 0.15) is 0 Å². The number of rotatable bonds is 3. The summed E-state index contributed by atoms with van der Waals surface area (Å²) in [6, 6.07) is 3.58. The normalized spacial score (nSPS) is 17.0. The zero-order chi connectivity index (χ0) is 9.26. The maximum atomic E-state index is 11.6. The molecule has 4 heteroatoms. The molecule has 1 fully saturated rings. The molecule has 0 radical (unpaired) electrons. The number of nitrogens with one attached hydrogen (secondary N) is 1. The summed E-state index contributed by atoms with van der Waals surface area (Å²) in [4.78, 5) is 12.4. The summed E-state index contributed by atoms with van der Waals surface area (Å²) >= 11 is 7.11. The van der Waals surface area contributed by atoms with Crippen molar-refractivity contribution < 1.29 is 4.79 Å². The fourth-order valence-corrected chi connectivity index (χ4v) is 2.31. The number of hydrogen-bond acceptors (Lipinski definition) is 3. The van der Waals surface area contributed by atoms with Gasteiger partial charge in [0.2, 0.25) is 0 Å². The first-order chi connectivity index (χ1) is 6.25. The smallest absolute Gasteiger partial charge is 0.173 e. The molecule has 0 bridgehead atoms. The van der Waals surface area contributed by atoms with E-state index in [1.165, 1.54) is 11.3 Å². The van der Waals surface area contributed by atoms with Gasteiger partial charge in [0, 0.05) is 6.42 Å². The van der Waals surface area contributed by atoms with Crippen molar-refractivity contribution in [2.24, 2.45) is 5.92 Å². The summed E-state index contributed by atoms with van der Waals surface area (Å²) < 4.78 is 0.690.